The molecule has 0 unspecified atom stereocenters. The molecule has 9 heteroatoms. The van der Waals surface area contributed by atoms with Crippen molar-refractivity contribution in [3.05, 3.63) is 59.6 Å². The molecule has 0 amide bonds. The number of hydrogen-bond acceptors (Lipinski definition) is 8. The summed E-state index contributed by atoms with van der Waals surface area (Å²) in [5.41, 5.74) is 9.81. The summed E-state index contributed by atoms with van der Waals surface area (Å²) in [6.07, 6.45) is 15.0. The van der Waals surface area contributed by atoms with Gasteiger partial charge in [-0.05, 0) is 36.5 Å². The molecule has 5 heterocycles. The minimum Gasteiger partial charge on any atom is -0.282 e. The van der Waals surface area contributed by atoms with E-state index in [0.717, 1.165) is 22.8 Å². The molecule has 25 heavy (non-hydrogen) atoms. The summed E-state index contributed by atoms with van der Waals surface area (Å²) in [6, 6.07) is 0. The van der Waals surface area contributed by atoms with E-state index in [1.54, 1.807) is 6.21 Å². The quantitative estimate of drug-likeness (QED) is 0.622. The Morgan fingerprint density at radius 3 is 2.16 bits per heavy atom. The van der Waals surface area contributed by atoms with Crippen LogP contribution in [-0.2, 0) is 17.1 Å². The number of hydrazine groups is 1. The Kier molecular flexibility index (Phi) is 3.72. The number of fused-ring (bicyclic) bond motifs is 4. The van der Waals surface area contributed by atoms with E-state index in [4.69, 9.17) is 0 Å². The van der Waals surface area contributed by atoms with Crippen molar-refractivity contribution < 1.29 is 17.1 Å². The van der Waals surface area contributed by atoms with E-state index in [-0.39, 0.29) is 17.1 Å². The third-order valence-electron chi connectivity index (χ3n) is 3.52. The van der Waals surface area contributed by atoms with Crippen molar-refractivity contribution >= 4 is 35.4 Å². The average Bonchev–Trinajstić information content (AvgIpc) is 3.32. The second kappa shape index (κ2) is 6.04. The number of hydrogen-bond donors (Lipinski definition) is 2. The van der Waals surface area contributed by atoms with Crippen LogP contribution in [0.2, 0.25) is 0 Å². The first-order valence-corrected chi connectivity index (χ1v) is 7.31. The number of allylic oxidation sites excluding steroid dienone is 7. The maximum atomic E-state index is 4.53. The van der Waals surface area contributed by atoms with Gasteiger partial charge in [0.15, 0.2) is 5.84 Å². The third-order valence-corrected chi connectivity index (χ3v) is 3.52. The average molecular weight is 369 g/mol. The molecule has 0 saturated carbocycles. The Bertz CT molecular complexity index is 995. The maximum Gasteiger partial charge on any atom is 0.253 e. The topological polar surface area (TPSA) is 98.2 Å². The van der Waals surface area contributed by atoms with Gasteiger partial charge in [0.25, 0.3) is 5.96 Å². The predicted octanol–water partition coefficient (Wildman–Crippen LogP) is 0.973. The summed E-state index contributed by atoms with van der Waals surface area (Å²) in [6.45, 7) is 0. The van der Waals surface area contributed by atoms with Crippen LogP contribution in [0.15, 0.2) is 89.6 Å². The van der Waals surface area contributed by atoms with Gasteiger partial charge in [0.2, 0.25) is 5.96 Å². The van der Waals surface area contributed by atoms with Crippen LogP contribution in [0.5, 0.6) is 0 Å². The summed E-state index contributed by atoms with van der Waals surface area (Å²) in [7, 11) is 0. The molecular weight excluding hydrogens is 359 g/mol. The second-order valence-corrected chi connectivity index (χ2v) is 5.30. The molecule has 8 nitrogen and oxygen atoms in total. The van der Waals surface area contributed by atoms with E-state index < -0.39 is 0 Å². The molecule has 1 radical (unpaired) electrons. The van der Waals surface area contributed by atoms with E-state index in [1.807, 2.05) is 42.5 Å². The smallest absolute Gasteiger partial charge is 0.253 e. The molecule has 0 aliphatic carbocycles. The van der Waals surface area contributed by atoms with E-state index >= 15 is 0 Å². The van der Waals surface area contributed by atoms with Gasteiger partial charge in [-0.1, -0.05) is 0 Å². The number of aliphatic imine (C=N–C) groups is 6. The molecule has 5 aliphatic rings. The zero-order valence-corrected chi connectivity index (χ0v) is 13.9. The summed E-state index contributed by atoms with van der Waals surface area (Å²) >= 11 is 0. The molecule has 0 spiro atoms. The van der Waals surface area contributed by atoms with Gasteiger partial charge < -0.3 is 0 Å². The molecule has 2 N–H and O–H groups in total. The van der Waals surface area contributed by atoms with Gasteiger partial charge in [0.1, 0.15) is 0 Å². The van der Waals surface area contributed by atoms with Crippen molar-refractivity contribution in [1.29, 1.82) is 0 Å². The van der Waals surface area contributed by atoms with Crippen LogP contribution in [0, 0.1) is 0 Å². The first kappa shape index (κ1) is 15.4. The van der Waals surface area contributed by atoms with Gasteiger partial charge in [-0.25, -0.2) is 20.0 Å². The van der Waals surface area contributed by atoms with E-state index in [2.05, 4.69) is 40.8 Å². The molecular formula is C16H10MnN8. The Morgan fingerprint density at radius 2 is 1.36 bits per heavy atom. The first-order chi connectivity index (χ1) is 11.8. The number of nitrogens with zero attached hydrogens (tertiary/aromatic N) is 6. The van der Waals surface area contributed by atoms with Crippen LogP contribution >= 0.6 is 0 Å². The number of rotatable bonds is 0. The molecule has 8 bridgehead atoms. The van der Waals surface area contributed by atoms with Gasteiger partial charge >= 0.3 is 0 Å². The fourth-order valence-electron chi connectivity index (χ4n) is 2.48. The number of amidine groups is 1. The predicted molar refractivity (Wildman–Crippen MR) is 94.5 cm³/mol. The number of guanidine groups is 2. The fourth-order valence-corrected chi connectivity index (χ4v) is 2.48. The second-order valence-electron chi connectivity index (χ2n) is 5.30. The van der Waals surface area contributed by atoms with Crippen LogP contribution in [0.4, 0.5) is 0 Å². The van der Waals surface area contributed by atoms with Crippen LogP contribution in [0.25, 0.3) is 0 Å². The molecule has 0 aromatic rings. The van der Waals surface area contributed by atoms with Crippen molar-refractivity contribution in [1.82, 2.24) is 10.9 Å². The molecule has 5 aliphatic heterocycles. The zero-order valence-electron chi connectivity index (χ0n) is 12.7. The maximum absolute atomic E-state index is 4.53. The Morgan fingerprint density at radius 1 is 0.640 bits per heavy atom. The Hall–Kier alpha value is -3.16. The minimum absolute atomic E-state index is 0. The normalized spacial score (nSPS) is 21.8. The number of nitrogens with one attached hydrogen (secondary N) is 2. The molecule has 0 aromatic carbocycles. The molecule has 5 rings (SSSR count). The van der Waals surface area contributed by atoms with Crippen molar-refractivity contribution in [2.45, 2.75) is 0 Å². The van der Waals surface area contributed by atoms with Crippen LogP contribution in [0.3, 0.4) is 0 Å². The largest absolute Gasteiger partial charge is 0.282 e. The van der Waals surface area contributed by atoms with Crippen molar-refractivity contribution in [2.75, 3.05) is 0 Å². The third kappa shape index (κ3) is 3.10. The van der Waals surface area contributed by atoms with Crippen LogP contribution in [-0.4, -0.2) is 35.4 Å². The SMILES string of the molecule is C1=CC2=NC1=CC1=NC(=NC3=NC(=CC4=NC(=C2)C=C4)C=N3)NN1.[Mn]. The molecule has 0 aromatic heterocycles. The van der Waals surface area contributed by atoms with Crippen molar-refractivity contribution in [3.8, 4) is 0 Å². The van der Waals surface area contributed by atoms with E-state index in [1.165, 1.54) is 0 Å². The van der Waals surface area contributed by atoms with Crippen LogP contribution in [0.1, 0.15) is 0 Å². The van der Waals surface area contributed by atoms with Gasteiger partial charge in [-0.3, -0.25) is 10.9 Å². The van der Waals surface area contributed by atoms with E-state index in [0.29, 0.717) is 23.5 Å². The van der Waals surface area contributed by atoms with Crippen LogP contribution < -0.4 is 10.9 Å². The fraction of sp³-hybridized carbons (Fsp3) is 0. The monoisotopic (exact) mass is 369 g/mol. The molecule has 0 atom stereocenters. The summed E-state index contributed by atoms with van der Waals surface area (Å²) < 4.78 is 0. The van der Waals surface area contributed by atoms with E-state index in [9.17, 15) is 0 Å². The molecule has 0 saturated heterocycles. The van der Waals surface area contributed by atoms with Gasteiger partial charge in [0.05, 0.1) is 34.7 Å². The Balaban J connectivity index is 0.00000157. The first-order valence-electron chi connectivity index (χ1n) is 7.31. The summed E-state index contributed by atoms with van der Waals surface area (Å²) in [4.78, 5) is 26.2. The summed E-state index contributed by atoms with van der Waals surface area (Å²) in [5.74, 6) is 1.37. The Labute approximate surface area is 153 Å². The standard InChI is InChI=1S/C16H10N8.Mn/c1-2-11-6-13-8-17-15(20-13)22-16-21-14(23-24-16)7-12-4-3-10(19-12)5-9(1)18-11;/h1-8H,(H2,17,20,21,22,23,24);. The van der Waals surface area contributed by atoms with Gasteiger partial charge in [-0.2, -0.15) is 9.98 Å². The molecule has 0 fully saturated rings. The summed E-state index contributed by atoms with van der Waals surface area (Å²) in [5, 5.41) is 0. The molecule has 121 valence electrons. The zero-order chi connectivity index (χ0) is 15.9. The van der Waals surface area contributed by atoms with Gasteiger partial charge in [-0.15, -0.1) is 0 Å². The van der Waals surface area contributed by atoms with Crippen molar-refractivity contribution in [2.24, 2.45) is 30.0 Å². The minimum atomic E-state index is 0. The van der Waals surface area contributed by atoms with Crippen molar-refractivity contribution in [3.63, 3.8) is 0 Å². The van der Waals surface area contributed by atoms with Gasteiger partial charge in [0, 0.05) is 23.1 Å².